The molecule has 0 heterocycles. The van der Waals surface area contributed by atoms with Crippen molar-refractivity contribution in [3.8, 4) is 0 Å². The highest BCUT2D eigenvalue weighted by atomic mass is 16.6. The molecule has 0 amide bonds. The third kappa shape index (κ3) is 3.29. The molecule has 0 N–H and O–H groups in total. The third-order valence-corrected chi connectivity index (χ3v) is 2.84. The minimum Gasteiger partial charge on any atom is -0.369 e. The van der Waals surface area contributed by atoms with Crippen LogP contribution in [0.4, 0.5) is 11.4 Å². The summed E-state index contributed by atoms with van der Waals surface area (Å²) in [5.41, 5.74) is 0.911. The van der Waals surface area contributed by atoms with Crippen LogP contribution in [0, 0.1) is 10.1 Å². The number of nitrogens with zero attached hydrogens (tertiary/aromatic N) is 2. The number of hydrogen-bond donors (Lipinski definition) is 0. The monoisotopic (exact) mass is 250 g/mol. The summed E-state index contributed by atoms with van der Waals surface area (Å²) in [5, 5.41) is 11.0. The molecule has 1 aromatic rings. The van der Waals surface area contributed by atoms with Gasteiger partial charge in [0.25, 0.3) is 5.69 Å². The number of nitro benzene ring substituents is 1. The molecule has 18 heavy (non-hydrogen) atoms. The summed E-state index contributed by atoms with van der Waals surface area (Å²) in [5.74, 6) is -0.166. The van der Waals surface area contributed by atoms with Gasteiger partial charge in [-0.2, -0.15) is 0 Å². The van der Waals surface area contributed by atoms with Gasteiger partial charge >= 0.3 is 0 Å². The second-order valence-electron chi connectivity index (χ2n) is 4.29. The van der Waals surface area contributed by atoms with E-state index in [1.165, 1.54) is 13.0 Å². The van der Waals surface area contributed by atoms with Crippen LogP contribution in [0.1, 0.15) is 37.0 Å². The zero-order valence-corrected chi connectivity index (χ0v) is 11.0. The Balaban J connectivity index is 3.11. The van der Waals surface area contributed by atoms with Crippen LogP contribution < -0.4 is 4.90 Å². The number of ketones is 1. The molecule has 0 aliphatic carbocycles. The summed E-state index contributed by atoms with van der Waals surface area (Å²) < 4.78 is 0. The number of Topliss-reactive ketones (excluding diaryl/α,β-unsaturated/α-hetero) is 1. The molecule has 1 rings (SSSR count). The molecule has 0 bridgehead atoms. The Hall–Kier alpha value is -1.91. The topological polar surface area (TPSA) is 63.5 Å². The van der Waals surface area contributed by atoms with Crippen molar-refractivity contribution in [1.82, 2.24) is 0 Å². The van der Waals surface area contributed by atoms with Crippen molar-refractivity contribution in [2.45, 2.75) is 26.7 Å². The molecule has 0 unspecified atom stereocenters. The fourth-order valence-corrected chi connectivity index (χ4v) is 1.73. The van der Waals surface area contributed by atoms with Crippen molar-refractivity contribution in [3.63, 3.8) is 0 Å². The molecule has 0 saturated heterocycles. The van der Waals surface area contributed by atoms with Gasteiger partial charge in [0.05, 0.1) is 4.92 Å². The van der Waals surface area contributed by atoms with Crippen molar-refractivity contribution < 1.29 is 9.72 Å². The van der Waals surface area contributed by atoms with E-state index < -0.39 is 4.92 Å². The van der Waals surface area contributed by atoms with E-state index >= 15 is 0 Å². The standard InChI is InChI=1S/C13H18N2O3/c1-4-5-8-14(3)12-7-6-11(10(2)16)9-13(12)15(17)18/h6-7,9H,4-5,8H2,1-3H3. The maximum atomic E-state index is 11.2. The molecule has 0 radical (unpaired) electrons. The predicted molar refractivity (Wildman–Crippen MR) is 71.3 cm³/mol. The Kier molecular flexibility index (Phi) is 4.83. The van der Waals surface area contributed by atoms with Gasteiger partial charge in [0.1, 0.15) is 5.69 Å². The summed E-state index contributed by atoms with van der Waals surface area (Å²) in [6.45, 7) is 4.23. The van der Waals surface area contributed by atoms with E-state index in [1.807, 2.05) is 11.9 Å². The summed E-state index contributed by atoms with van der Waals surface area (Å²) in [4.78, 5) is 23.7. The van der Waals surface area contributed by atoms with Crippen LogP contribution in [-0.2, 0) is 0 Å². The number of anilines is 1. The highest BCUT2D eigenvalue weighted by Gasteiger charge is 2.18. The lowest BCUT2D eigenvalue weighted by atomic mass is 10.1. The molecule has 0 spiro atoms. The van der Waals surface area contributed by atoms with Gasteiger partial charge in [-0.1, -0.05) is 13.3 Å². The average Bonchev–Trinajstić information content (AvgIpc) is 2.34. The molecular formula is C13H18N2O3. The van der Waals surface area contributed by atoms with Crippen LogP contribution in [-0.4, -0.2) is 24.3 Å². The zero-order chi connectivity index (χ0) is 13.7. The number of nitro groups is 1. The van der Waals surface area contributed by atoms with Gasteiger partial charge in [-0.3, -0.25) is 14.9 Å². The zero-order valence-electron chi connectivity index (χ0n) is 11.0. The number of unbranched alkanes of at least 4 members (excludes halogenated alkanes) is 1. The molecule has 0 aliphatic heterocycles. The lowest BCUT2D eigenvalue weighted by Gasteiger charge is -2.19. The molecule has 5 heteroatoms. The van der Waals surface area contributed by atoms with Crippen molar-refractivity contribution in [1.29, 1.82) is 0 Å². The van der Waals surface area contributed by atoms with Gasteiger partial charge < -0.3 is 4.90 Å². The van der Waals surface area contributed by atoms with Crippen LogP contribution in [0.25, 0.3) is 0 Å². The molecule has 0 atom stereocenters. The maximum absolute atomic E-state index is 11.2. The minimum atomic E-state index is -0.440. The predicted octanol–water partition coefficient (Wildman–Crippen LogP) is 3.03. The lowest BCUT2D eigenvalue weighted by molar-refractivity contribution is -0.384. The van der Waals surface area contributed by atoms with E-state index in [9.17, 15) is 14.9 Å². The number of hydrogen-bond acceptors (Lipinski definition) is 4. The van der Waals surface area contributed by atoms with Gasteiger partial charge in [-0.15, -0.1) is 0 Å². The first-order valence-corrected chi connectivity index (χ1v) is 5.98. The first-order chi connectivity index (χ1) is 8.47. The van der Waals surface area contributed by atoms with E-state index in [0.29, 0.717) is 11.3 Å². The van der Waals surface area contributed by atoms with Crippen LogP contribution in [0.15, 0.2) is 18.2 Å². The van der Waals surface area contributed by atoms with Crippen LogP contribution in [0.2, 0.25) is 0 Å². The largest absolute Gasteiger partial charge is 0.369 e. The summed E-state index contributed by atoms with van der Waals surface area (Å²) in [7, 11) is 1.82. The molecular weight excluding hydrogens is 232 g/mol. The van der Waals surface area contributed by atoms with Crippen molar-refractivity contribution in [2.75, 3.05) is 18.5 Å². The summed E-state index contributed by atoms with van der Waals surface area (Å²) in [6, 6.07) is 4.62. The molecule has 0 fully saturated rings. The van der Waals surface area contributed by atoms with Gasteiger partial charge in [0.2, 0.25) is 0 Å². The highest BCUT2D eigenvalue weighted by molar-refractivity contribution is 5.95. The Morgan fingerprint density at radius 2 is 2.11 bits per heavy atom. The molecule has 1 aromatic carbocycles. The van der Waals surface area contributed by atoms with Crippen LogP contribution >= 0.6 is 0 Å². The minimum absolute atomic E-state index is 0.0127. The van der Waals surface area contributed by atoms with Gasteiger partial charge in [-0.25, -0.2) is 0 Å². The van der Waals surface area contributed by atoms with E-state index in [4.69, 9.17) is 0 Å². The van der Waals surface area contributed by atoms with E-state index in [-0.39, 0.29) is 11.5 Å². The smallest absolute Gasteiger partial charge is 0.293 e. The lowest BCUT2D eigenvalue weighted by Crippen LogP contribution is -2.19. The maximum Gasteiger partial charge on any atom is 0.293 e. The number of benzene rings is 1. The third-order valence-electron chi connectivity index (χ3n) is 2.84. The quantitative estimate of drug-likeness (QED) is 0.442. The van der Waals surface area contributed by atoms with Crippen LogP contribution in [0.3, 0.4) is 0 Å². The molecule has 0 aromatic heterocycles. The second kappa shape index (κ2) is 6.14. The number of carbonyl (C=O) groups is 1. The van der Waals surface area contributed by atoms with Crippen LogP contribution in [0.5, 0.6) is 0 Å². The first-order valence-electron chi connectivity index (χ1n) is 5.98. The Bertz CT molecular complexity index is 458. The van der Waals surface area contributed by atoms with E-state index in [1.54, 1.807) is 12.1 Å². The fourth-order valence-electron chi connectivity index (χ4n) is 1.73. The second-order valence-corrected chi connectivity index (χ2v) is 4.29. The van der Waals surface area contributed by atoms with Crippen molar-refractivity contribution >= 4 is 17.2 Å². The molecule has 0 saturated carbocycles. The highest BCUT2D eigenvalue weighted by Crippen LogP contribution is 2.28. The van der Waals surface area contributed by atoms with Gasteiger partial charge in [0, 0.05) is 25.2 Å². The molecule has 0 aliphatic rings. The summed E-state index contributed by atoms with van der Waals surface area (Å²) in [6.07, 6.45) is 2.01. The average molecular weight is 250 g/mol. The summed E-state index contributed by atoms with van der Waals surface area (Å²) >= 11 is 0. The van der Waals surface area contributed by atoms with Gasteiger partial charge in [0.15, 0.2) is 5.78 Å². The normalized spacial score (nSPS) is 10.2. The van der Waals surface area contributed by atoms with E-state index in [2.05, 4.69) is 6.92 Å². The number of carbonyl (C=O) groups excluding carboxylic acids is 1. The van der Waals surface area contributed by atoms with E-state index in [0.717, 1.165) is 19.4 Å². The van der Waals surface area contributed by atoms with Gasteiger partial charge in [-0.05, 0) is 25.5 Å². The molecule has 98 valence electrons. The first kappa shape index (κ1) is 14.2. The number of rotatable bonds is 6. The Labute approximate surface area is 107 Å². The SMILES string of the molecule is CCCCN(C)c1ccc(C(C)=O)cc1[N+](=O)[O-]. The molecule has 5 nitrogen and oxygen atoms in total. The van der Waals surface area contributed by atoms with Crippen molar-refractivity contribution in [2.24, 2.45) is 0 Å². The fraction of sp³-hybridized carbons (Fsp3) is 0.462. The Morgan fingerprint density at radius 1 is 1.44 bits per heavy atom. The van der Waals surface area contributed by atoms with Crippen molar-refractivity contribution in [3.05, 3.63) is 33.9 Å². The Morgan fingerprint density at radius 3 is 2.61 bits per heavy atom.